The van der Waals surface area contributed by atoms with E-state index in [-0.39, 0.29) is 18.9 Å². The molecule has 0 N–H and O–H groups in total. The van der Waals surface area contributed by atoms with Gasteiger partial charge in [-0.3, -0.25) is 4.57 Å². The van der Waals surface area contributed by atoms with Gasteiger partial charge in [0.15, 0.2) is 0 Å². The van der Waals surface area contributed by atoms with Gasteiger partial charge in [0.25, 0.3) is 0 Å². The Hall–Kier alpha value is -1.77. The molecular weight excluding hydrogens is 217 g/mol. The number of rotatable bonds is 4. The van der Waals surface area contributed by atoms with Crippen LogP contribution in [0.2, 0.25) is 0 Å². The molecule has 2 aromatic rings. The van der Waals surface area contributed by atoms with E-state index in [1.54, 1.807) is 22.8 Å². The molecule has 2 rings (SSSR count). The molecule has 1 heterocycles. The Bertz CT molecular complexity index is 487. The summed E-state index contributed by atoms with van der Waals surface area (Å²) in [6.07, 6.45) is 3.08. The summed E-state index contributed by atoms with van der Waals surface area (Å²) in [6, 6.07) is 6.93. The van der Waals surface area contributed by atoms with E-state index in [9.17, 15) is 9.90 Å². The van der Waals surface area contributed by atoms with E-state index in [2.05, 4.69) is 10.2 Å². The second-order valence-corrected chi connectivity index (χ2v) is 3.03. The molecule has 0 aliphatic rings. The largest absolute Gasteiger partial charge is 1.00 e. The molecule has 0 amide bonds. The third kappa shape index (κ3) is 3.62. The average Bonchev–Trinajstić information content (AvgIpc) is 2.80. The Balaban J connectivity index is 0.00000144. The number of aromatic nitrogens is 3. The first-order valence-corrected chi connectivity index (χ1v) is 4.53. The predicted molar refractivity (Wildman–Crippen MR) is 51.9 cm³/mol. The van der Waals surface area contributed by atoms with Crippen molar-refractivity contribution >= 4 is 5.97 Å². The normalized spacial score (nSPS) is 9.41. The molecule has 82 valence electrons. The summed E-state index contributed by atoms with van der Waals surface area (Å²) in [7, 11) is 0. The molecule has 6 nitrogen and oxygen atoms in total. The number of aliphatic carboxylic acids is 1. The number of carbonyl (C=O) groups is 1. The van der Waals surface area contributed by atoms with Crippen LogP contribution in [0.3, 0.4) is 0 Å². The molecular formula is C10H8LiN3O3. The molecule has 0 radical (unpaired) electrons. The van der Waals surface area contributed by atoms with Gasteiger partial charge in [-0.1, -0.05) is 6.07 Å². The van der Waals surface area contributed by atoms with Gasteiger partial charge in [-0.15, -0.1) is 10.2 Å². The fraction of sp³-hybridized carbons (Fsp3) is 0.100. The van der Waals surface area contributed by atoms with Gasteiger partial charge in [0.1, 0.15) is 25.0 Å². The first-order valence-electron chi connectivity index (χ1n) is 4.53. The zero-order chi connectivity index (χ0) is 11.4. The minimum absolute atomic E-state index is 0. The van der Waals surface area contributed by atoms with Crippen molar-refractivity contribution in [1.29, 1.82) is 0 Å². The molecule has 17 heavy (non-hydrogen) atoms. The molecule has 1 aromatic heterocycles. The second-order valence-electron chi connectivity index (χ2n) is 3.03. The van der Waals surface area contributed by atoms with E-state index in [1.165, 1.54) is 12.7 Å². The number of benzene rings is 1. The Morgan fingerprint density at radius 3 is 2.71 bits per heavy atom. The van der Waals surface area contributed by atoms with Crippen molar-refractivity contribution < 1.29 is 33.5 Å². The van der Waals surface area contributed by atoms with E-state index < -0.39 is 12.6 Å². The van der Waals surface area contributed by atoms with Crippen molar-refractivity contribution in [3.63, 3.8) is 0 Å². The number of carbonyl (C=O) groups excluding carboxylic acids is 1. The first kappa shape index (κ1) is 13.3. The van der Waals surface area contributed by atoms with Crippen molar-refractivity contribution in [3.05, 3.63) is 36.9 Å². The van der Waals surface area contributed by atoms with Crippen LogP contribution in [0.25, 0.3) is 5.69 Å². The maximum atomic E-state index is 10.2. The van der Waals surface area contributed by atoms with Crippen LogP contribution >= 0.6 is 0 Å². The summed E-state index contributed by atoms with van der Waals surface area (Å²) in [5.41, 5.74) is 0.792. The molecule has 0 saturated heterocycles. The molecule has 0 saturated carbocycles. The molecule has 1 aromatic carbocycles. The number of nitrogens with zero attached hydrogens (tertiary/aromatic N) is 3. The van der Waals surface area contributed by atoms with Gasteiger partial charge in [-0.25, -0.2) is 0 Å². The molecule has 0 spiro atoms. The second kappa shape index (κ2) is 6.08. The fourth-order valence-corrected chi connectivity index (χ4v) is 1.21. The number of hydrogen-bond acceptors (Lipinski definition) is 5. The van der Waals surface area contributed by atoms with Crippen molar-refractivity contribution in [2.75, 3.05) is 6.61 Å². The van der Waals surface area contributed by atoms with E-state index in [0.717, 1.165) is 5.69 Å². The molecule has 0 aliphatic heterocycles. The Kier molecular flexibility index (Phi) is 4.76. The number of hydrogen-bond donors (Lipinski definition) is 0. The minimum Gasteiger partial charge on any atom is -0.546 e. The molecule has 0 unspecified atom stereocenters. The van der Waals surface area contributed by atoms with E-state index in [0.29, 0.717) is 5.75 Å². The van der Waals surface area contributed by atoms with Gasteiger partial charge in [0.05, 0.1) is 11.7 Å². The fourth-order valence-electron chi connectivity index (χ4n) is 1.21. The van der Waals surface area contributed by atoms with Crippen molar-refractivity contribution in [3.8, 4) is 11.4 Å². The quantitative estimate of drug-likeness (QED) is 0.502. The van der Waals surface area contributed by atoms with E-state index in [4.69, 9.17) is 4.74 Å². The zero-order valence-electron chi connectivity index (χ0n) is 9.24. The van der Waals surface area contributed by atoms with Crippen LogP contribution in [0, 0.1) is 0 Å². The third-order valence-corrected chi connectivity index (χ3v) is 1.89. The van der Waals surface area contributed by atoms with Crippen molar-refractivity contribution in [1.82, 2.24) is 14.8 Å². The number of carboxylic acid groups (broad SMARTS) is 1. The maximum absolute atomic E-state index is 10.2. The molecule has 0 aliphatic carbocycles. The molecule has 0 bridgehead atoms. The van der Waals surface area contributed by atoms with Gasteiger partial charge in [-0.05, 0) is 12.1 Å². The van der Waals surface area contributed by atoms with Crippen LogP contribution in [0.4, 0.5) is 0 Å². The summed E-state index contributed by atoms with van der Waals surface area (Å²) >= 11 is 0. The van der Waals surface area contributed by atoms with E-state index in [1.807, 2.05) is 6.07 Å². The van der Waals surface area contributed by atoms with Crippen LogP contribution in [0.5, 0.6) is 5.75 Å². The van der Waals surface area contributed by atoms with Crippen LogP contribution in [0.1, 0.15) is 0 Å². The van der Waals surface area contributed by atoms with Crippen LogP contribution in [-0.4, -0.2) is 27.3 Å². The standard InChI is InChI=1S/C10H9N3O3.Li/c14-10(15)5-16-9-3-1-2-8(4-9)13-6-11-12-7-13;/h1-4,6-7H,5H2,(H,14,15);/q;+1/p-1. The summed E-state index contributed by atoms with van der Waals surface area (Å²) in [4.78, 5) is 10.2. The molecule has 0 atom stereocenters. The van der Waals surface area contributed by atoms with Crippen molar-refractivity contribution in [2.24, 2.45) is 0 Å². The first-order chi connectivity index (χ1) is 7.75. The van der Waals surface area contributed by atoms with Gasteiger partial charge < -0.3 is 14.6 Å². The minimum atomic E-state index is -1.25. The Morgan fingerprint density at radius 2 is 2.06 bits per heavy atom. The van der Waals surface area contributed by atoms with E-state index >= 15 is 0 Å². The predicted octanol–water partition coefficient (Wildman–Crippen LogP) is -3.60. The summed E-state index contributed by atoms with van der Waals surface area (Å²) < 4.78 is 6.68. The van der Waals surface area contributed by atoms with Crippen LogP contribution < -0.4 is 28.7 Å². The summed E-state index contributed by atoms with van der Waals surface area (Å²) in [5, 5.41) is 17.6. The van der Waals surface area contributed by atoms with Gasteiger partial charge in [-0.2, -0.15) is 0 Å². The van der Waals surface area contributed by atoms with Crippen molar-refractivity contribution in [2.45, 2.75) is 0 Å². The third-order valence-electron chi connectivity index (χ3n) is 1.89. The van der Waals surface area contributed by atoms with Crippen LogP contribution in [-0.2, 0) is 4.79 Å². The summed E-state index contributed by atoms with van der Waals surface area (Å²) in [6.45, 7) is -0.467. The SMILES string of the molecule is O=C([O-])COc1cccc(-n2cnnc2)c1.[Li+]. The zero-order valence-corrected chi connectivity index (χ0v) is 9.24. The van der Waals surface area contributed by atoms with Gasteiger partial charge in [0, 0.05) is 6.07 Å². The summed E-state index contributed by atoms with van der Waals surface area (Å²) in [5.74, 6) is -0.801. The maximum Gasteiger partial charge on any atom is 1.00 e. The van der Waals surface area contributed by atoms with Gasteiger partial charge in [0.2, 0.25) is 0 Å². The monoisotopic (exact) mass is 225 g/mol. The topological polar surface area (TPSA) is 80.1 Å². The number of carboxylic acids is 1. The van der Waals surface area contributed by atoms with Gasteiger partial charge >= 0.3 is 18.9 Å². The molecule has 0 fully saturated rings. The van der Waals surface area contributed by atoms with Crippen LogP contribution in [0.15, 0.2) is 36.9 Å². The number of ether oxygens (including phenoxy) is 1. The Morgan fingerprint density at radius 1 is 1.35 bits per heavy atom. The smallest absolute Gasteiger partial charge is 0.546 e. The molecule has 7 heteroatoms. The average molecular weight is 225 g/mol. The Labute approximate surface area is 109 Å².